The van der Waals surface area contributed by atoms with Crippen molar-refractivity contribution in [3.8, 4) is 0 Å². The number of aromatic amines is 1. The van der Waals surface area contributed by atoms with E-state index in [4.69, 9.17) is 0 Å². The summed E-state index contributed by atoms with van der Waals surface area (Å²) in [4.78, 5) is 17.8. The summed E-state index contributed by atoms with van der Waals surface area (Å²) in [5.74, 6) is -0.204. The number of benzene rings is 2. The van der Waals surface area contributed by atoms with Crippen LogP contribution in [0.3, 0.4) is 0 Å². The standard InChI is InChI=1S/C22H24FN3O/c23-18-10-8-17(9-11-18)5-3-4-14-25-15-12-19(13-16-25)26-21-7-2-1-6-20(21)24-22(26)27/h1-3,5-11,19H,4,12-16H2,(H,24,27)/b5-3-. The topological polar surface area (TPSA) is 41.0 Å². The molecule has 1 aliphatic heterocycles. The number of halogens is 1. The Labute approximate surface area is 157 Å². The Hall–Kier alpha value is -2.66. The molecule has 0 spiro atoms. The van der Waals surface area contributed by atoms with Gasteiger partial charge in [-0.3, -0.25) is 4.57 Å². The van der Waals surface area contributed by atoms with E-state index in [1.165, 1.54) is 12.1 Å². The first-order chi connectivity index (χ1) is 13.2. The lowest BCUT2D eigenvalue weighted by Crippen LogP contribution is -2.37. The predicted molar refractivity (Wildman–Crippen MR) is 107 cm³/mol. The van der Waals surface area contributed by atoms with Crippen molar-refractivity contribution in [2.45, 2.75) is 25.3 Å². The number of para-hydroxylation sites is 2. The van der Waals surface area contributed by atoms with E-state index in [-0.39, 0.29) is 17.5 Å². The van der Waals surface area contributed by atoms with Crippen LogP contribution in [-0.2, 0) is 0 Å². The van der Waals surface area contributed by atoms with Gasteiger partial charge in [-0.1, -0.05) is 36.4 Å². The van der Waals surface area contributed by atoms with Crippen LogP contribution in [0.1, 0.15) is 30.9 Å². The first-order valence-electron chi connectivity index (χ1n) is 9.54. The molecule has 2 aromatic carbocycles. The Morgan fingerprint density at radius 3 is 2.59 bits per heavy atom. The van der Waals surface area contributed by atoms with Gasteiger partial charge in [0.1, 0.15) is 5.82 Å². The molecule has 0 amide bonds. The predicted octanol–water partition coefficient (Wildman–Crippen LogP) is 4.21. The van der Waals surface area contributed by atoms with Gasteiger partial charge in [0.25, 0.3) is 0 Å². The zero-order valence-electron chi connectivity index (χ0n) is 15.3. The SMILES string of the molecule is O=c1[nH]c2ccccc2n1C1CCN(CC/C=C\c2ccc(F)cc2)CC1. The summed E-state index contributed by atoms with van der Waals surface area (Å²) in [5.41, 5.74) is 2.93. The molecule has 0 bridgehead atoms. The third-order valence-electron chi connectivity index (χ3n) is 5.34. The van der Waals surface area contributed by atoms with E-state index in [1.54, 1.807) is 12.1 Å². The molecule has 1 saturated heterocycles. The highest BCUT2D eigenvalue weighted by Gasteiger charge is 2.22. The fourth-order valence-electron chi connectivity index (χ4n) is 3.89. The van der Waals surface area contributed by atoms with E-state index >= 15 is 0 Å². The summed E-state index contributed by atoms with van der Waals surface area (Å²) in [5, 5.41) is 0. The highest BCUT2D eigenvalue weighted by atomic mass is 19.1. The van der Waals surface area contributed by atoms with Gasteiger partial charge in [0.05, 0.1) is 11.0 Å². The van der Waals surface area contributed by atoms with Crippen LogP contribution in [0.4, 0.5) is 4.39 Å². The fraction of sp³-hybridized carbons (Fsp3) is 0.318. The van der Waals surface area contributed by atoms with E-state index in [1.807, 2.05) is 34.9 Å². The number of H-pyrrole nitrogens is 1. The highest BCUT2D eigenvalue weighted by molar-refractivity contribution is 5.75. The molecule has 1 aromatic heterocycles. The second kappa shape index (κ2) is 7.92. The van der Waals surface area contributed by atoms with Crippen molar-refractivity contribution in [3.05, 3.63) is 76.5 Å². The number of fused-ring (bicyclic) bond motifs is 1. The molecule has 0 saturated carbocycles. The van der Waals surface area contributed by atoms with Crippen molar-refractivity contribution in [2.75, 3.05) is 19.6 Å². The number of nitrogens with one attached hydrogen (secondary N) is 1. The smallest absolute Gasteiger partial charge is 0.306 e. The van der Waals surface area contributed by atoms with Crippen LogP contribution in [0.5, 0.6) is 0 Å². The second-order valence-electron chi connectivity index (χ2n) is 7.13. The lowest BCUT2D eigenvalue weighted by atomic mass is 10.0. The molecule has 2 heterocycles. The highest BCUT2D eigenvalue weighted by Crippen LogP contribution is 2.24. The summed E-state index contributed by atoms with van der Waals surface area (Å²) in [6, 6.07) is 14.7. The van der Waals surface area contributed by atoms with Crippen molar-refractivity contribution in [3.63, 3.8) is 0 Å². The van der Waals surface area contributed by atoms with E-state index in [2.05, 4.69) is 16.0 Å². The van der Waals surface area contributed by atoms with Crippen LogP contribution < -0.4 is 5.69 Å². The Kier molecular flexibility index (Phi) is 5.21. The third kappa shape index (κ3) is 4.03. The maximum Gasteiger partial charge on any atom is 0.326 e. The summed E-state index contributed by atoms with van der Waals surface area (Å²) in [6.07, 6.45) is 7.13. The van der Waals surface area contributed by atoms with E-state index < -0.39 is 0 Å². The first-order valence-corrected chi connectivity index (χ1v) is 9.54. The Morgan fingerprint density at radius 2 is 1.81 bits per heavy atom. The molecule has 0 aliphatic carbocycles. The van der Waals surface area contributed by atoms with Crippen molar-refractivity contribution >= 4 is 17.1 Å². The molecule has 4 nitrogen and oxygen atoms in total. The van der Waals surface area contributed by atoms with Crippen LogP contribution >= 0.6 is 0 Å². The number of imidazole rings is 1. The Balaban J connectivity index is 1.30. The summed E-state index contributed by atoms with van der Waals surface area (Å²) in [6.45, 7) is 3.01. The number of nitrogens with zero attached hydrogens (tertiary/aromatic N) is 2. The number of hydrogen-bond acceptors (Lipinski definition) is 2. The lowest BCUT2D eigenvalue weighted by Gasteiger charge is -2.32. The molecule has 0 atom stereocenters. The number of piperidine rings is 1. The Bertz CT molecular complexity index is 979. The molecule has 0 unspecified atom stereocenters. The molecule has 4 rings (SSSR count). The van der Waals surface area contributed by atoms with Gasteiger partial charge in [-0.05, 0) is 49.1 Å². The summed E-state index contributed by atoms with van der Waals surface area (Å²) >= 11 is 0. The Morgan fingerprint density at radius 1 is 1.07 bits per heavy atom. The van der Waals surface area contributed by atoms with Crippen molar-refractivity contribution < 1.29 is 4.39 Å². The maximum atomic E-state index is 12.9. The minimum atomic E-state index is -0.204. The average Bonchev–Trinajstić information content (AvgIpc) is 3.03. The van der Waals surface area contributed by atoms with Gasteiger partial charge in [-0.15, -0.1) is 0 Å². The molecule has 5 heteroatoms. The summed E-state index contributed by atoms with van der Waals surface area (Å²) < 4.78 is 14.8. The van der Waals surface area contributed by atoms with E-state index in [0.29, 0.717) is 0 Å². The molecule has 1 N–H and O–H groups in total. The molecular formula is C22H24FN3O. The van der Waals surface area contributed by atoms with Crippen LogP contribution in [0.15, 0.2) is 59.4 Å². The zero-order chi connectivity index (χ0) is 18.6. The quantitative estimate of drug-likeness (QED) is 0.736. The molecule has 0 radical (unpaired) electrons. The first kappa shape index (κ1) is 17.7. The maximum absolute atomic E-state index is 12.9. The molecule has 1 aliphatic rings. The van der Waals surface area contributed by atoms with Gasteiger partial charge in [-0.25, -0.2) is 9.18 Å². The van der Waals surface area contributed by atoms with Crippen molar-refractivity contribution in [1.29, 1.82) is 0 Å². The number of likely N-dealkylation sites (tertiary alicyclic amines) is 1. The minimum absolute atomic E-state index is 0.00289. The van der Waals surface area contributed by atoms with E-state index in [9.17, 15) is 9.18 Å². The van der Waals surface area contributed by atoms with Gasteiger partial charge < -0.3 is 9.88 Å². The van der Waals surface area contributed by atoms with Gasteiger partial charge in [0, 0.05) is 25.7 Å². The molecule has 27 heavy (non-hydrogen) atoms. The van der Waals surface area contributed by atoms with Crippen molar-refractivity contribution in [1.82, 2.24) is 14.5 Å². The van der Waals surface area contributed by atoms with Gasteiger partial charge in [-0.2, -0.15) is 0 Å². The minimum Gasteiger partial charge on any atom is -0.306 e. The molecule has 3 aromatic rings. The number of hydrogen-bond donors (Lipinski definition) is 1. The monoisotopic (exact) mass is 365 g/mol. The second-order valence-corrected chi connectivity index (χ2v) is 7.13. The van der Waals surface area contributed by atoms with Crippen LogP contribution in [0, 0.1) is 5.82 Å². The van der Waals surface area contributed by atoms with Gasteiger partial charge in [0.15, 0.2) is 0 Å². The summed E-state index contributed by atoms with van der Waals surface area (Å²) in [7, 11) is 0. The largest absolute Gasteiger partial charge is 0.326 e. The third-order valence-corrected chi connectivity index (χ3v) is 5.34. The molecule has 140 valence electrons. The van der Waals surface area contributed by atoms with Crippen LogP contribution in [0.2, 0.25) is 0 Å². The van der Waals surface area contributed by atoms with E-state index in [0.717, 1.165) is 55.5 Å². The van der Waals surface area contributed by atoms with Crippen LogP contribution in [0.25, 0.3) is 17.1 Å². The lowest BCUT2D eigenvalue weighted by molar-refractivity contribution is 0.190. The average molecular weight is 365 g/mol. The molecular weight excluding hydrogens is 341 g/mol. The van der Waals surface area contributed by atoms with Gasteiger partial charge >= 0.3 is 5.69 Å². The normalized spacial score (nSPS) is 16.5. The zero-order valence-corrected chi connectivity index (χ0v) is 15.3. The fourth-order valence-corrected chi connectivity index (χ4v) is 3.89. The number of rotatable bonds is 5. The van der Waals surface area contributed by atoms with Crippen LogP contribution in [-0.4, -0.2) is 34.1 Å². The molecule has 1 fully saturated rings. The number of aromatic nitrogens is 2. The van der Waals surface area contributed by atoms with Crippen molar-refractivity contribution in [2.24, 2.45) is 0 Å². The van der Waals surface area contributed by atoms with Gasteiger partial charge in [0.2, 0.25) is 0 Å².